The fourth-order valence-electron chi connectivity index (χ4n) is 4.58. The maximum Gasteiger partial charge on any atom is 0.324 e. The van der Waals surface area contributed by atoms with Crippen LogP contribution in [0.3, 0.4) is 0 Å². The van der Waals surface area contributed by atoms with Crippen LogP contribution < -0.4 is 5.32 Å². The van der Waals surface area contributed by atoms with Gasteiger partial charge in [-0.1, -0.05) is 18.6 Å². The second-order valence-electron chi connectivity index (χ2n) is 7.58. The van der Waals surface area contributed by atoms with E-state index in [-0.39, 0.29) is 37.4 Å². The second kappa shape index (κ2) is 6.37. The van der Waals surface area contributed by atoms with Crippen molar-refractivity contribution in [2.45, 2.75) is 25.8 Å². The molecule has 0 bridgehead atoms. The molecule has 2 saturated heterocycles. The molecule has 27 heavy (non-hydrogen) atoms. The maximum atomic E-state index is 12.9. The topological polar surface area (TPSA) is 107 Å². The number of likely N-dealkylation sites (tertiary alicyclic amines) is 1. The number of fused-ring (bicyclic) bond motifs is 1. The van der Waals surface area contributed by atoms with Gasteiger partial charge in [0.15, 0.2) is 0 Å². The van der Waals surface area contributed by atoms with Crippen molar-refractivity contribution in [3.05, 3.63) is 35.4 Å². The highest BCUT2D eigenvalue weighted by molar-refractivity contribution is 6.02. The normalized spacial score (nSPS) is 27.0. The van der Waals surface area contributed by atoms with Gasteiger partial charge < -0.3 is 15.3 Å². The Bertz CT molecular complexity index is 822. The van der Waals surface area contributed by atoms with E-state index < -0.39 is 17.4 Å². The van der Waals surface area contributed by atoms with Crippen molar-refractivity contribution in [1.82, 2.24) is 15.1 Å². The molecule has 3 aliphatic rings. The largest absolute Gasteiger partial charge is 0.481 e. The number of carbonyl (C=O) groups excluding carboxylic acids is 3. The molecule has 4 rings (SSSR count). The number of urea groups is 1. The molecule has 1 aromatic carbocycles. The van der Waals surface area contributed by atoms with Crippen LogP contribution in [0, 0.1) is 11.3 Å². The summed E-state index contributed by atoms with van der Waals surface area (Å²) in [7, 11) is 0. The molecule has 2 heterocycles. The number of carboxylic acid groups (broad SMARTS) is 1. The highest BCUT2D eigenvalue weighted by Gasteiger charge is 2.55. The molecule has 0 unspecified atom stereocenters. The van der Waals surface area contributed by atoms with E-state index in [1.54, 1.807) is 29.2 Å². The van der Waals surface area contributed by atoms with Gasteiger partial charge in [0.25, 0.3) is 5.91 Å². The maximum absolute atomic E-state index is 12.9. The van der Waals surface area contributed by atoms with Crippen LogP contribution in [0.1, 0.15) is 35.2 Å². The summed E-state index contributed by atoms with van der Waals surface area (Å²) in [6, 6.07) is 6.38. The van der Waals surface area contributed by atoms with Gasteiger partial charge in [-0.15, -0.1) is 0 Å². The van der Waals surface area contributed by atoms with Crippen molar-refractivity contribution in [1.29, 1.82) is 0 Å². The van der Waals surface area contributed by atoms with Gasteiger partial charge in [0, 0.05) is 18.7 Å². The van der Waals surface area contributed by atoms with Crippen LogP contribution in [0.25, 0.3) is 0 Å². The van der Waals surface area contributed by atoms with Gasteiger partial charge in [0.1, 0.15) is 0 Å². The third-order valence-electron chi connectivity index (χ3n) is 6.04. The molecule has 2 aliphatic heterocycles. The minimum atomic E-state index is -0.812. The Morgan fingerprint density at radius 1 is 1.30 bits per heavy atom. The number of nitrogens with one attached hydrogen (secondary N) is 1. The summed E-state index contributed by atoms with van der Waals surface area (Å²) in [5.74, 6) is -1.31. The molecule has 4 amide bonds. The van der Waals surface area contributed by atoms with E-state index in [2.05, 4.69) is 5.32 Å². The number of carboxylic acids is 1. The van der Waals surface area contributed by atoms with Gasteiger partial charge in [0.2, 0.25) is 5.91 Å². The molecule has 1 aliphatic carbocycles. The van der Waals surface area contributed by atoms with Gasteiger partial charge in [-0.25, -0.2) is 4.79 Å². The third kappa shape index (κ3) is 2.85. The van der Waals surface area contributed by atoms with Crippen molar-refractivity contribution in [3.8, 4) is 0 Å². The summed E-state index contributed by atoms with van der Waals surface area (Å²) >= 11 is 0. The number of hydrogen-bond donors (Lipinski definition) is 2. The monoisotopic (exact) mass is 371 g/mol. The van der Waals surface area contributed by atoms with E-state index in [0.717, 1.165) is 17.7 Å². The van der Waals surface area contributed by atoms with Crippen LogP contribution in [0.15, 0.2) is 24.3 Å². The summed E-state index contributed by atoms with van der Waals surface area (Å²) in [6.45, 7) is 0.794. The number of aliphatic carboxylic acids is 1. The molecule has 1 saturated carbocycles. The van der Waals surface area contributed by atoms with Crippen molar-refractivity contribution < 1.29 is 24.3 Å². The van der Waals surface area contributed by atoms with E-state index in [4.69, 9.17) is 0 Å². The molecule has 8 nitrogen and oxygen atoms in total. The Labute approximate surface area is 156 Å². The molecule has 142 valence electrons. The van der Waals surface area contributed by atoms with Crippen molar-refractivity contribution in [3.63, 3.8) is 0 Å². The first-order valence-corrected chi connectivity index (χ1v) is 9.10. The first-order chi connectivity index (χ1) is 12.9. The van der Waals surface area contributed by atoms with Crippen molar-refractivity contribution >= 4 is 23.8 Å². The van der Waals surface area contributed by atoms with Crippen LogP contribution in [-0.2, 0) is 16.1 Å². The number of hydrogen-bond acceptors (Lipinski definition) is 4. The van der Waals surface area contributed by atoms with Crippen molar-refractivity contribution in [2.75, 3.05) is 19.6 Å². The highest BCUT2D eigenvalue weighted by Crippen LogP contribution is 2.49. The Kier molecular flexibility index (Phi) is 4.13. The fourth-order valence-corrected chi connectivity index (χ4v) is 4.58. The average Bonchev–Trinajstić information content (AvgIpc) is 3.30. The van der Waals surface area contributed by atoms with Crippen LogP contribution in [0.4, 0.5) is 4.79 Å². The van der Waals surface area contributed by atoms with Crippen molar-refractivity contribution in [2.24, 2.45) is 11.3 Å². The van der Waals surface area contributed by atoms with Crippen LogP contribution in [-0.4, -0.2) is 58.4 Å². The predicted octanol–water partition coefficient (Wildman–Crippen LogP) is 1.07. The Morgan fingerprint density at radius 2 is 2.11 bits per heavy atom. The average molecular weight is 371 g/mol. The summed E-state index contributed by atoms with van der Waals surface area (Å²) in [5, 5.41) is 12.1. The molecule has 2 N–H and O–H groups in total. The molecule has 2 atom stereocenters. The zero-order chi connectivity index (χ0) is 19.2. The minimum absolute atomic E-state index is 0.00745. The number of carbonyl (C=O) groups is 4. The lowest BCUT2D eigenvalue weighted by molar-refractivity contribution is -0.149. The Hall–Kier alpha value is -2.90. The van der Waals surface area contributed by atoms with Gasteiger partial charge in [-0.05, 0) is 36.5 Å². The van der Waals surface area contributed by atoms with Gasteiger partial charge in [0.05, 0.1) is 18.5 Å². The molecular formula is C19H21N3O5. The van der Waals surface area contributed by atoms with Crippen LogP contribution in [0.2, 0.25) is 0 Å². The molecule has 0 radical (unpaired) electrons. The summed E-state index contributed by atoms with van der Waals surface area (Å²) in [5.41, 5.74) is 0.312. The summed E-state index contributed by atoms with van der Waals surface area (Å²) < 4.78 is 0. The standard InChI is InChI=1S/C19H21N3O5/c23-15-8-20-18(27)22(15)9-12-3-1-4-13(7-12)16(24)21-10-14-5-2-6-19(14,11-21)17(25)26/h1,3-4,7,14H,2,5-6,8-11H2,(H,20,27)(H,25,26)/t14-,19+/m0/s1. The van der Waals surface area contributed by atoms with E-state index in [9.17, 15) is 24.3 Å². The lowest BCUT2D eigenvalue weighted by Gasteiger charge is -2.23. The molecule has 3 fully saturated rings. The van der Waals surface area contributed by atoms with Crippen LogP contribution >= 0.6 is 0 Å². The fraction of sp³-hybridized carbons (Fsp3) is 0.474. The van der Waals surface area contributed by atoms with E-state index in [1.807, 2.05) is 0 Å². The zero-order valence-electron chi connectivity index (χ0n) is 14.8. The zero-order valence-corrected chi connectivity index (χ0v) is 14.8. The smallest absolute Gasteiger partial charge is 0.324 e. The lowest BCUT2D eigenvalue weighted by atomic mass is 9.81. The number of benzene rings is 1. The van der Waals surface area contributed by atoms with E-state index in [0.29, 0.717) is 24.1 Å². The van der Waals surface area contributed by atoms with Gasteiger partial charge >= 0.3 is 12.0 Å². The quantitative estimate of drug-likeness (QED) is 0.770. The first kappa shape index (κ1) is 17.5. The minimum Gasteiger partial charge on any atom is -0.481 e. The number of imide groups is 1. The molecular weight excluding hydrogens is 350 g/mol. The molecule has 1 aromatic rings. The van der Waals surface area contributed by atoms with Crippen LogP contribution in [0.5, 0.6) is 0 Å². The first-order valence-electron chi connectivity index (χ1n) is 9.10. The lowest BCUT2D eigenvalue weighted by Crippen LogP contribution is -2.37. The van der Waals surface area contributed by atoms with E-state index in [1.165, 1.54) is 0 Å². The predicted molar refractivity (Wildman–Crippen MR) is 93.7 cm³/mol. The summed E-state index contributed by atoms with van der Waals surface area (Å²) in [4.78, 5) is 50.9. The highest BCUT2D eigenvalue weighted by atomic mass is 16.4. The second-order valence-corrected chi connectivity index (χ2v) is 7.58. The van der Waals surface area contributed by atoms with Gasteiger partial charge in [-0.3, -0.25) is 19.3 Å². The number of rotatable bonds is 4. The van der Waals surface area contributed by atoms with Gasteiger partial charge in [-0.2, -0.15) is 0 Å². The number of nitrogens with zero attached hydrogens (tertiary/aromatic N) is 2. The third-order valence-corrected chi connectivity index (χ3v) is 6.04. The Morgan fingerprint density at radius 3 is 2.78 bits per heavy atom. The number of amides is 4. The molecule has 0 spiro atoms. The molecule has 0 aromatic heterocycles. The SMILES string of the molecule is O=C(c1cccc(CN2C(=O)CNC2=O)c1)N1C[C@@H]2CCC[C@@]2(C(=O)O)C1. The summed E-state index contributed by atoms with van der Waals surface area (Å²) in [6.07, 6.45) is 2.34. The van der Waals surface area contributed by atoms with E-state index >= 15 is 0 Å². The Balaban J connectivity index is 1.51. The molecule has 8 heteroatoms.